The van der Waals surface area contributed by atoms with Crippen molar-refractivity contribution in [1.29, 1.82) is 0 Å². The number of hydrogen-bond acceptors (Lipinski definition) is 6. The maximum atomic E-state index is 13.7. The first kappa shape index (κ1) is 16.2. The fourth-order valence-corrected chi connectivity index (χ4v) is 2.65. The molecule has 0 aliphatic carbocycles. The average molecular weight is 336 g/mol. The van der Waals surface area contributed by atoms with E-state index in [-0.39, 0.29) is 17.9 Å². The smallest absolute Gasteiger partial charge is 0.318 e. The summed E-state index contributed by atoms with van der Waals surface area (Å²) in [5, 5.41) is 0. The number of nitrogens with zero attached hydrogens (tertiary/aromatic N) is 3. The summed E-state index contributed by atoms with van der Waals surface area (Å²) in [4.78, 5) is 10.2. The maximum absolute atomic E-state index is 13.7. The van der Waals surface area contributed by atoms with Gasteiger partial charge in [-0.3, -0.25) is 0 Å². The Morgan fingerprint density at radius 2 is 2.00 bits per heavy atom. The molecule has 3 rings (SSSR count). The lowest BCUT2D eigenvalue weighted by atomic mass is 10.1. The quantitative estimate of drug-likeness (QED) is 0.924. The first-order valence-corrected chi connectivity index (χ1v) is 7.60. The van der Waals surface area contributed by atoms with Gasteiger partial charge in [0.05, 0.1) is 19.0 Å². The van der Waals surface area contributed by atoms with Gasteiger partial charge in [0.25, 0.3) is 0 Å². The molecule has 2 N–H and O–H groups in total. The molecule has 0 amide bonds. The number of nitrogen functional groups attached to an aromatic ring is 1. The summed E-state index contributed by atoms with van der Waals surface area (Å²) in [5.74, 6) is -0.628. The lowest BCUT2D eigenvalue weighted by Crippen LogP contribution is -2.39. The third-order valence-corrected chi connectivity index (χ3v) is 3.89. The molecule has 2 aromatic rings. The number of halogens is 2. The molecule has 1 fully saturated rings. The van der Waals surface area contributed by atoms with Gasteiger partial charge in [0, 0.05) is 32.0 Å². The molecule has 1 aromatic heterocycles. The third kappa shape index (κ3) is 3.47. The SMILES string of the molecule is COc1ncc(N)c(N2CCC(Oc3ccc(F)cc3F)CC2)n1. The standard InChI is InChI=1S/C16H18F2N4O2/c1-23-16-20-9-13(19)15(21-16)22-6-4-11(5-7-22)24-14-3-2-10(17)8-12(14)18/h2-3,8-9,11H,4-7,19H2,1H3. The van der Waals surface area contributed by atoms with Gasteiger partial charge in [-0.25, -0.2) is 13.8 Å². The van der Waals surface area contributed by atoms with Crippen LogP contribution in [-0.4, -0.2) is 36.3 Å². The minimum Gasteiger partial charge on any atom is -0.487 e. The van der Waals surface area contributed by atoms with Crippen LogP contribution in [-0.2, 0) is 0 Å². The highest BCUT2D eigenvalue weighted by atomic mass is 19.1. The van der Waals surface area contributed by atoms with Crippen LogP contribution in [0.4, 0.5) is 20.3 Å². The molecule has 0 spiro atoms. The van der Waals surface area contributed by atoms with Crippen LogP contribution >= 0.6 is 0 Å². The molecule has 0 saturated carbocycles. The molecule has 24 heavy (non-hydrogen) atoms. The molecule has 6 nitrogen and oxygen atoms in total. The minimum atomic E-state index is -0.692. The van der Waals surface area contributed by atoms with Crippen molar-refractivity contribution in [2.75, 3.05) is 30.8 Å². The van der Waals surface area contributed by atoms with E-state index in [1.807, 2.05) is 4.90 Å². The van der Waals surface area contributed by atoms with E-state index in [1.54, 1.807) is 0 Å². The van der Waals surface area contributed by atoms with Gasteiger partial charge in [0.1, 0.15) is 11.9 Å². The van der Waals surface area contributed by atoms with Crippen LogP contribution in [0.2, 0.25) is 0 Å². The Morgan fingerprint density at radius 3 is 2.67 bits per heavy atom. The van der Waals surface area contributed by atoms with Gasteiger partial charge in [-0.1, -0.05) is 0 Å². The Hall–Kier alpha value is -2.64. The van der Waals surface area contributed by atoms with Crippen molar-refractivity contribution in [3.8, 4) is 11.8 Å². The number of rotatable bonds is 4. The van der Waals surface area contributed by atoms with Crippen LogP contribution in [0.5, 0.6) is 11.8 Å². The summed E-state index contributed by atoms with van der Waals surface area (Å²) in [5.41, 5.74) is 6.40. The number of benzene rings is 1. The van der Waals surface area contributed by atoms with Crippen LogP contribution < -0.4 is 20.1 Å². The van der Waals surface area contributed by atoms with E-state index in [2.05, 4.69) is 9.97 Å². The number of aromatic nitrogens is 2. The minimum absolute atomic E-state index is 0.0677. The fraction of sp³-hybridized carbons (Fsp3) is 0.375. The van der Waals surface area contributed by atoms with Gasteiger partial charge in [0.15, 0.2) is 17.4 Å². The van der Waals surface area contributed by atoms with Crippen LogP contribution in [0.25, 0.3) is 0 Å². The van der Waals surface area contributed by atoms with Crippen LogP contribution in [0, 0.1) is 11.6 Å². The highest BCUT2D eigenvalue weighted by Gasteiger charge is 2.24. The van der Waals surface area contributed by atoms with Crippen molar-refractivity contribution in [1.82, 2.24) is 9.97 Å². The zero-order valence-electron chi connectivity index (χ0n) is 13.2. The number of piperidine rings is 1. The zero-order chi connectivity index (χ0) is 17.1. The number of ether oxygens (including phenoxy) is 2. The van der Waals surface area contributed by atoms with Gasteiger partial charge in [-0.15, -0.1) is 0 Å². The topological polar surface area (TPSA) is 73.5 Å². The predicted molar refractivity (Wildman–Crippen MR) is 85.2 cm³/mol. The third-order valence-electron chi connectivity index (χ3n) is 3.89. The van der Waals surface area contributed by atoms with E-state index in [0.29, 0.717) is 37.4 Å². The molecule has 1 saturated heterocycles. The molecule has 0 unspecified atom stereocenters. The highest BCUT2D eigenvalue weighted by molar-refractivity contribution is 5.62. The molecular weight excluding hydrogens is 318 g/mol. The normalized spacial score (nSPS) is 15.4. The van der Waals surface area contributed by atoms with Crippen LogP contribution in [0.1, 0.15) is 12.8 Å². The molecule has 0 bridgehead atoms. The largest absolute Gasteiger partial charge is 0.487 e. The summed E-state index contributed by atoms with van der Waals surface area (Å²) < 4.78 is 37.3. The Morgan fingerprint density at radius 1 is 1.25 bits per heavy atom. The van der Waals surface area contributed by atoms with Crippen molar-refractivity contribution >= 4 is 11.5 Å². The average Bonchev–Trinajstić information content (AvgIpc) is 2.59. The number of hydrogen-bond donors (Lipinski definition) is 1. The van der Waals surface area contributed by atoms with E-state index in [0.717, 1.165) is 6.07 Å². The Bertz CT molecular complexity index is 721. The Labute approximate surface area is 138 Å². The van der Waals surface area contributed by atoms with Crippen molar-refractivity contribution in [3.05, 3.63) is 36.0 Å². The number of anilines is 2. The lowest BCUT2D eigenvalue weighted by molar-refractivity contribution is 0.163. The van der Waals surface area contributed by atoms with Crippen LogP contribution in [0.15, 0.2) is 24.4 Å². The Kier molecular flexibility index (Phi) is 4.64. The van der Waals surface area contributed by atoms with E-state index in [4.69, 9.17) is 15.2 Å². The highest BCUT2D eigenvalue weighted by Crippen LogP contribution is 2.27. The van der Waals surface area contributed by atoms with E-state index < -0.39 is 11.6 Å². The summed E-state index contributed by atoms with van der Waals surface area (Å²) in [6, 6.07) is 3.57. The van der Waals surface area contributed by atoms with Crippen molar-refractivity contribution in [3.63, 3.8) is 0 Å². The summed E-state index contributed by atoms with van der Waals surface area (Å²) in [6.45, 7) is 1.30. The molecule has 128 valence electrons. The first-order chi connectivity index (χ1) is 11.6. The second-order valence-corrected chi connectivity index (χ2v) is 5.51. The van der Waals surface area contributed by atoms with E-state index in [1.165, 1.54) is 25.4 Å². The molecule has 1 aliphatic heterocycles. The second-order valence-electron chi connectivity index (χ2n) is 5.51. The van der Waals surface area contributed by atoms with E-state index >= 15 is 0 Å². The maximum Gasteiger partial charge on any atom is 0.318 e. The van der Waals surface area contributed by atoms with E-state index in [9.17, 15) is 8.78 Å². The summed E-state index contributed by atoms with van der Waals surface area (Å²) in [6.07, 6.45) is 2.70. The summed E-state index contributed by atoms with van der Waals surface area (Å²) >= 11 is 0. The molecule has 1 aliphatic rings. The molecule has 0 radical (unpaired) electrons. The molecule has 0 atom stereocenters. The number of methoxy groups -OCH3 is 1. The van der Waals surface area contributed by atoms with Gasteiger partial charge in [-0.05, 0) is 12.1 Å². The molecule has 2 heterocycles. The molecular formula is C16H18F2N4O2. The van der Waals surface area contributed by atoms with Gasteiger partial charge >= 0.3 is 6.01 Å². The monoisotopic (exact) mass is 336 g/mol. The first-order valence-electron chi connectivity index (χ1n) is 7.60. The summed E-state index contributed by atoms with van der Waals surface area (Å²) in [7, 11) is 1.49. The molecule has 8 heteroatoms. The fourth-order valence-electron chi connectivity index (χ4n) is 2.65. The molecule has 1 aromatic carbocycles. The second kappa shape index (κ2) is 6.86. The van der Waals surface area contributed by atoms with Crippen LogP contribution in [0.3, 0.4) is 0 Å². The van der Waals surface area contributed by atoms with Gasteiger partial charge in [-0.2, -0.15) is 4.98 Å². The van der Waals surface area contributed by atoms with Gasteiger partial charge < -0.3 is 20.1 Å². The zero-order valence-corrected chi connectivity index (χ0v) is 13.2. The number of nitrogens with two attached hydrogens (primary N) is 1. The van der Waals surface area contributed by atoms with Crippen molar-refractivity contribution < 1.29 is 18.3 Å². The van der Waals surface area contributed by atoms with Crippen molar-refractivity contribution in [2.24, 2.45) is 0 Å². The Balaban J connectivity index is 1.63. The van der Waals surface area contributed by atoms with Crippen molar-refractivity contribution in [2.45, 2.75) is 18.9 Å². The van der Waals surface area contributed by atoms with Gasteiger partial charge in [0.2, 0.25) is 0 Å². The predicted octanol–water partition coefficient (Wildman–Crippen LogP) is 2.39. The lowest BCUT2D eigenvalue weighted by Gasteiger charge is -2.33.